The van der Waals surface area contributed by atoms with Crippen LogP contribution in [0.15, 0.2) is 12.3 Å². The van der Waals surface area contributed by atoms with Gasteiger partial charge < -0.3 is 5.32 Å². The Morgan fingerprint density at radius 2 is 2.32 bits per heavy atom. The van der Waals surface area contributed by atoms with Crippen molar-refractivity contribution in [1.82, 2.24) is 4.98 Å². The third kappa shape index (κ3) is 2.24. The lowest BCUT2D eigenvalue weighted by Crippen LogP contribution is -2.18. The Kier molecular flexibility index (Phi) is 2.63. The van der Waals surface area contributed by atoms with Gasteiger partial charge in [0, 0.05) is 18.8 Å². The van der Waals surface area contributed by atoms with Crippen molar-refractivity contribution < 1.29 is 4.92 Å². The number of pyridine rings is 1. The molecule has 0 atom stereocenters. The minimum atomic E-state index is -0.493. The zero-order valence-corrected chi connectivity index (χ0v) is 10.4. The molecule has 0 radical (unpaired) electrons. The standard InChI is InChI=1S/C13H14N4O2/c14-6-9-5-11(17(18)19)12(15-7-9)16-8-13(3-4-13)10-1-2-10/h5,7,10H,1-4,8H2,(H,15,16). The second-order valence-electron chi connectivity index (χ2n) is 5.45. The molecule has 2 fully saturated rings. The van der Waals surface area contributed by atoms with Gasteiger partial charge in [0.2, 0.25) is 5.82 Å². The van der Waals surface area contributed by atoms with E-state index >= 15 is 0 Å². The van der Waals surface area contributed by atoms with E-state index in [1.807, 2.05) is 6.07 Å². The molecular weight excluding hydrogens is 244 g/mol. The van der Waals surface area contributed by atoms with E-state index in [0.717, 1.165) is 12.5 Å². The Bertz CT molecular complexity index is 570. The van der Waals surface area contributed by atoms with Gasteiger partial charge in [0.1, 0.15) is 6.07 Å². The average molecular weight is 258 g/mol. The Hall–Kier alpha value is -2.16. The maximum absolute atomic E-state index is 11.0. The summed E-state index contributed by atoms with van der Waals surface area (Å²) in [6, 6.07) is 3.14. The van der Waals surface area contributed by atoms with Crippen molar-refractivity contribution in [2.24, 2.45) is 11.3 Å². The van der Waals surface area contributed by atoms with Gasteiger partial charge in [0.15, 0.2) is 0 Å². The third-order valence-electron chi connectivity index (χ3n) is 4.14. The molecule has 6 nitrogen and oxygen atoms in total. The largest absolute Gasteiger partial charge is 0.364 e. The van der Waals surface area contributed by atoms with Crippen LogP contribution in [0.1, 0.15) is 31.2 Å². The van der Waals surface area contributed by atoms with E-state index in [2.05, 4.69) is 10.3 Å². The number of nitrogens with one attached hydrogen (secondary N) is 1. The van der Waals surface area contributed by atoms with Crippen molar-refractivity contribution in [3.05, 3.63) is 27.9 Å². The van der Waals surface area contributed by atoms with E-state index in [1.165, 1.54) is 37.9 Å². The summed E-state index contributed by atoms with van der Waals surface area (Å²) in [5.74, 6) is 1.06. The quantitative estimate of drug-likeness (QED) is 0.647. The smallest absolute Gasteiger partial charge is 0.312 e. The van der Waals surface area contributed by atoms with Gasteiger partial charge in [0.05, 0.1) is 10.5 Å². The lowest BCUT2D eigenvalue weighted by Gasteiger charge is -2.15. The van der Waals surface area contributed by atoms with Crippen LogP contribution in [-0.2, 0) is 0 Å². The van der Waals surface area contributed by atoms with Gasteiger partial charge in [-0.2, -0.15) is 5.26 Å². The van der Waals surface area contributed by atoms with Crippen LogP contribution in [0.25, 0.3) is 0 Å². The first-order valence-electron chi connectivity index (χ1n) is 6.43. The maximum atomic E-state index is 11.0. The molecule has 98 valence electrons. The van der Waals surface area contributed by atoms with Crippen molar-refractivity contribution in [2.75, 3.05) is 11.9 Å². The minimum Gasteiger partial charge on any atom is -0.364 e. The maximum Gasteiger partial charge on any atom is 0.312 e. The molecule has 1 aromatic rings. The number of rotatable bonds is 5. The fourth-order valence-corrected chi connectivity index (χ4v) is 2.64. The van der Waals surface area contributed by atoms with Crippen molar-refractivity contribution in [3.8, 4) is 6.07 Å². The number of nitro groups is 1. The van der Waals surface area contributed by atoms with E-state index in [0.29, 0.717) is 5.41 Å². The fourth-order valence-electron chi connectivity index (χ4n) is 2.64. The number of hydrogen-bond acceptors (Lipinski definition) is 5. The van der Waals surface area contributed by atoms with Crippen molar-refractivity contribution in [3.63, 3.8) is 0 Å². The van der Waals surface area contributed by atoms with E-state index in [9.17, 15) is 10.1 Å². The summed E-state index contributed by atoms with van der Waals surface area (Å²) in [6.07, 6.45) is 6.34. The van der Waals surface area contributed by atoms with Gasteiger partial charge in [-0.15, -0.1) is 0 Å². The predicted molar refractivity (Wildman–Crippen MR) is 68.5 cm³/mol. The first-order valence-corrected chi connectivity index (χ1v) is 6.43. The van der Waals surface area contributed by atoms with Crippen LogP contribution in [0.3, 0.4) is 0 Å². The minimum absolute atomic E-state index is 0.120. The fraction of sp³-hybridized carbons (Fsp3) is 0.538. The Morgan fingerprint density at radius 1 is 1.58 bits per heavy atom. The van der Waals surface area contributed by atoms with Crippen LogP contribution >= 0.6 is 0 Å². The van der Waals surface area contributed by atoms with Crippen LogP contribution in [-0.4, -0.2) is 16.5 Å². The molecule has 6 heteroatoms. The van der Waals surface area contributed by atoms with Gasteiger partial charge in [-0.3, -0.25) is 10.1 Å². The molecule has 1 N–H and O–H groups in total. The van der Waals surface area contributed by atoms with E-state index in [-0.39, 0.29) is 17.1 Å². The first kappa shape index (κ1) is 11.9. The third-order valence-corrected chi connectivity index (χ3v) is 4.14. The van der Waals surface area contributed by atoms with Crippen LogP contribution in [0.2, 0.25) is 0 Å². The molecule has 0 bridgehead atoms. The molecule has 0 saturated heterocycles. The summed E-state index contributed by atoms with van der Waals surface area (Å²) in [5, 5.41) is 22.9. The van der Waals surface area contributed by atoms with Crippen LogP contribution in [0, 0.1) is 32.8 Å². The number of nitriles is 1. The van der Waals surface area contributed by atoms with Gasteiger partial charge in [-0.25, -0.2) is 4.98 Å². The van der Waals surface area contributed by atoms with Crippen LogP contribution in [0.4, 0.5) is 11.5 Å². The summed E-state index contributed by atoms with van der Waals surface area (Å²) in [5.41, 5.74) is 0.440. The number of nitrogens with zero attached hydrogens (tertiary/aromatic N) is 3. The highest BCUT2D eigenvalue weighted by Gasteiger charge is 2.53. The van der Waals surface area contributed by atoms with Gasteiger partial charge in [0.25, 0.3) is 0 Å². The van der Waals surface area contributed by atoms with E-state index in [1.54, 1.807) is 0 Å². The summed E-state index contributed by atoms with van der Waals surface area (Å²) in [7, 11) is 0. The molecule has 2 aliphatic carbocycles. The average Bonchev–Trinajstić information content (AvgIpc) is 3.28. The number of anilines is 1. The predicted octanol–water partition coefficient (Wildman–Crippen LogP) is 2.46. The number of hydrogen-bond donors (Lipinski definition) is 1. The topological polar surface area (TPSA) is 91.8 Å². The Balaban J connectivity index is 1.76. The normalized spacial score (nSPS) is 19.5. The SMILES string of the molecule is N#Cc1cnc(NCC2(C3CC3)CC2)c([N+](=O)[O-])c1. The molecule has 0 spiro atoms. The molecule has 1 heterocycles. The second-order valence-corrected chi connectivity index (χ2v) is 5.45. The molecule has 0 aromatic carbocycles. The van der Waals surface area contributed by atoms with Gasteiger partial charge in [-0.1, -0.05) is 0 Å². The molecule has 2 saturated carbocycles. The second kappa shape index (κ2) is 4.19. The summed E-state index contributed by atoms with van der Waals surface area (Å²) in [4.78, 5) is 14.5. The van der Waals surface area contributed by atoms with E-state index < -0.39 is 4.92 Å². The molecule has 0 amide bonds. The van der Waals surface area contributed by atoms with Crippen molar-refractivity contribution in [1.29, 1.82) is 5.26 Å². The molecule has 0 unspecified atom stereocenters. The highest BCUT2D eigenvalue weighted by Crippen LogP contribution is 2.61. The first-order chi connectivity index (χ1) is 9.14. The highest BCUT2D eigenvalue weighted by atomic mass is 16.6. The van der Waals surface area contributed by atoms with Gasteiger partial charge >= 0.3 is 5.69 Å². The van der Waals surface area contributed by atoms with E-state index in [4.69, 9.17) is 5.26 Å². The Morgan fingerprint density at radius 3 is 2.84 bits per heavy atom. The molecule has 1 aromatic heterocycles. The zero-order chi connectivity index (χ0) is 13.5. The van der Waals surface area contributed by atoms with Crippen LogP contribution < -0.4 is 5.32 Å². The van der Waals surface area contributed by atoms with Crippen molar-refractivity contribution >= 4 is 11.5 Å². The van der Waals surface area contributed by atoms with Crippen LogP contribution in [0.5, 0.6) is 0 Å². The summed E-state index contributed by atoms with van der Waals surface area (Å²) < 4.78 is 0. The molecule has 0 aliphatic heterocycles. The monoisotopic (exact) mass is 258 g/mol. The highest BCUT2D eigenvalue weighted by molar-refractivity contribution is 5.58. The zero-order valence-electron chi connectivity index (χ0n) is 10.4. The summed E-state index contributed by atoms with van der Waals surface area (Å²) >= 11 is 0. The Labute approximate surface area is 110 Å². The lowest BCUT2D eigenvalue weighted by atomic mass is 10.0. The van der Waals surface area contributed by atoms with Crippen molar-refractivity contribution in [2.45, 2.75) is 25.7 Å². The molecule has 2 aliphatic rings. The molecular formula is C13H14N4O2. The lowest BCUT2D eigenvalue weighted by molar-refractivity contribution is -0.384. The number of aromatic nitrogens is 1. The van der Waals surface area contributed by atoms with Gasteiger partial charge in [-0.05, 0) is 37.0 Å². The molecule has 19 heavy (non-hydrogen) atoms. The molecule has 3 rings (SSSR count). The summed E-state index contributed by atoms with van der Waals surface area (Å²) in [6.45, 7) is 0.747.